The van der Waals surface area contributed by atoms with Gasteiger partial charge in [-0.2, -0.15) is 12.7 Å². The summed E-state index contributed by atoms with van der Waals surface area (Å²) in [5, 5.41) is 3.11. The van der Waals surface area contributed by atoms with Crippen LogP contribution in [-0.4, -0.2) is 39.4 Å². The Bertz CT molecular complexity index is 595. The van der Waals surface area contributed by atoms with E-state index in [4.69, 9.17) is 11.6 Å². The molecule has 1 aromatic rings. The number of nitrogens with zero attached hydrogens (tertiary/aromatic N) is 1. The van der Waals surface area contributed by atoms with Crippen LogP contribution < -0.4 is 10.0 Å². The van der Waals surface area contributed by atoms with E-state index in [0.717, 1.165) is 25.5 Å². The maximum absolute atomic E-state index is 13.0. The Hall–Kier alpha value is -0.890. The van der Waals surface area contributed by atoms with Gasteiger partial charge in [0, 0.05) is 13.1 Å². The Balaban J connectivity index is 2.10. The van der Waals surface area contributed by atoms with E-state index in [1.165, 1.54) is 16.4 Å². The van der Waals surface area contributed by atoms with E-state index < -0.39 is 16.0 Å². The van der Waals surface area contributed by atoms with Crippen molar-refractivity contribution in [2.24, 2.45) is 5.92 Å². The fourth-order valence-electron chi connectivity index (χ4n) is 2.48. The molecule has 0 bridgehead atoms. The molecule has 1 fully saturated rings. The van der Waals surface area contributed by atoms with Gasteiger partial charge >= 0.3 is 10.2 Å². The predicted octanol–water partition coefficient (Wildman–Crippen LogP) is 2.07. The van der Waals surface area contributed by atoms with Gasteiger partial charge in [0.1, 0.15) is 5.82 Å². The van der Waals surface area contributed by atoms with Crippen LogP contribution in [0, 0.1) is 11.7 Å². The first-order chi connectivity index (χ1) is 9.92. The Labute approximate surface area is 129 Å². The van der Waals surface area contributed by atoms with Gasteiger partial charge in [0.05, 0.1) is 10.7 Å². The Morgan fingerprint density at radius 2 is 2.24 bits per heavy atom. The lowest BCUT2D eigenvalue weighted by molar-refractivity contribution is 0.264. The summed E-state index contributed by atoms with van der Waals surface area (Å²) in [6.45, 7) is 1.73. The number of halogens is 2. The molecule has 2 rings (SSSR count). The molecule has 0 aliphatic carbocycles. The molecule has 2 N–H and O–H groups in total. The molecule has 118 valence electrons. The van der Waals surface area contributed by atoms with Crippen molar-refractivity contribution in [2.45, 2.75) is 12.8 Å². The first kappa shape index (κ1) is 16.5. The van der Waals surface area contributed by atoms with Crippen molar-refractivity contribution >= 4 is 27.5 Å². The molecule has 0 radical (unpaired) electrons. The van der Waals surface area contributed by atoms with Crippen LogP contribution in [0.25, 0.3) is 0 Å². The molecule has 5 nitrogen and oxygen atoms in total. The average molecular weight is 336 g/mol. The van der Waals surface area contributed by atoms with Crippen LogP contribution in [0.15, 0.2) is 18.2 Å². The molecule has 0 amide bonds. The second kappa shape index (κ2) is 6.91. The van der Waals surface area contributed by atoms with Crippen LogP contribution in [0.2, 0.25) is 5.02 Å². The van der Waals surface area contributed by atoms with Crippen LogP contribution in [0.5, 0.6) is 0 Å². The Morgan fingerprint density at radius 3 is 2.90 bits per heavy atom. The van der Waals surface area contributed by atoms with Gasteiger partial charge in [-0.05, 0) is 50.6 Å². The topological polar surface area (TPSA) is 61.4 Å². The van der Waals surface area contributed by atoms with E-state index in [0.29, 0.717) is 19.0 Å². The van der Waals surface area contributed by atoms with Crippen molar-refractivity contribution in [3.05, 3.63) is 29.0 Å². The molecule has 0 saturated carbocycles. The average Bonchev–Trinajstić information content (AvgIpc) is 2.43. The maximum atomic E-state index is 13.0. The number of piperidine rings is 1. The third kappa shape index (κ3) is 4.29. The van der Waals surface area contributed by atoms with E-state index in [-0.39, 0.29) is 10.7 Å². The molecule has 1 aliphatic rings. The third-order valence-corrected chi connectivity index (χ3v) is 5.29. The Morgan fingerprint density at radius 1 is 1.48 bits per heavy atom. The number of rotatable bonds is 5. The smallest absolute Gasteiger partial charge is 0.301 e. The lowest BCUT2D eigenvalue weighted by atomic mass is 10.00. The highest BCUT2D eigenvalue weighted by Crippen LogP contribution is 2.25. The van der Waals surface area contributed by atoms with Crippen LogP contribution in [0.1, 0.15) is 12.8 Å². The molecular formula is C13H19ClFN3O2S. The normalized spacial score (nSPS) is 20.4. The maximum Gasteiger partial charge on any atom is 0.301 e. The summed E-state index contributed by atoms with van der Waals surface area (Å²) < 4.78 is 41.6. The molecule has 1 atom stereocenters. The molecule has 8 heteroatoms. The van der Waals surface area contributed by atoms with Crippen LogP contribution in [0.3, 0.4) is 0 Å². The Kier molecular flexibility index (Phi) is 5.43. The minimum absolute atomic E-state index is 0.0439. The van der Waals surface area contributed by atoms with Gasteiger partial charge in [0.15, 0.2) is 0 Å². The summed E-state index contributed by atoms with van der Waals surface area (Å²) in [6, 6.07) is 3.58. The van der Waals surface area contributed by atoms with Crippen molar-refractivity contribution in [3.63, 3.8) is 0 Å². The van der Waals surface area contributed by atoms with Crippen molar-refractivity contribution < 1.29 is 12.8 Å². The monoisotopic (exact) mass is 335 g/mol. The molecule has 1 aromatic carbocycles. The van der Waals surface area contributed by atoms with Gasteiger partial charge in [-0.3, -0.25) is 4.72 Å². The highest BCUT2D eigenvalue weighted by atomic mass is 35.5. The minimum Gasteiger partial charge on any atom is -0.319 e. The predicted molar refractivity (Wildman–Crippen MR) is 82.2 cm³/mol. The third-order valence-electron chi connectivity index (χ3n) is 3.48. The van der Waals surface area contributed by atoms with Crippen molar-refractivity contribution in [3.8, 4) is 0 Å². The zero-order valence-corrected chi connectivity index (χ0v) is 13.3. The lowest BCUT2D eigenvalue weighted by Crippen LogP contribution is -2.44. The van der Waals surface area contributed by atoms with E-state index >= 15 is 0 Å². The zero-order chi connectivity index (χ0) is 15.5. The van der Waals surface area contributed by atoms with E-state index in [1.54, 1.807) is 0 Å². The molecule has 0 spiro atoms. The summed E-state index contributed by atoms with van der Waals surface area (Å²) in [4.78, 5) is 0. The number of nitrogens with one attached hydrogen (secondary N) is 2. The van der Waals surface area contributed by atoms with Crippen LogP contribution >= 0.6 is 11.6 Å². The number of hydrogen-bond donors (Lipinski definition) is 2. The highest BCUT2D eigenvalue weighted by Gasteiger charge is 2.29. The van der Waals surface area contributed by atoms with Gasteiger partial charge < -0.3 is 5.32 Å². The van der Waals surface area contributed by atoms with E-state index in [1.807, 2.05) is 7.05 Å². The van der Waals surface area contributed by atoms with E-state index in [9.17, 15) is 12.8 Å². The number of anilines is 1. The minimum atomic E-state index is -3.67. The van der Waals surface area contributed by atoms with Crippen LogP contribution in [-0.2, 0) is 10.2 Å². The fourth-order valence-corrected chi connectivity index (χ4v) is 4.11. The molecule has 1 aliphatic heterocycles. The molecule has 0 aromatic heterocycles. The van der Waals surface area contributed by atoms with Gasteiger partial charge in [-0.1, -0.05) is 11.6 Å². The number of hydrogen-bond acceptors (Lipinski definition) is 3. The van der Waals surface area contributed by atoms with Gasteiger partial charge in [0.2, 0.25) is 0 Å². The summed E-state index contributed by atoms with van der Waals surface area (Å²) in [7, 11) is -1.82. The number of benzene rings is 1. The second-order valence-electron chi connectivity index (χ2n) is 5.16. The van der Waals surface area contributed by atoms with Crippen LogP contribution in [0.4, 0.5) is 10.1 Å². The quantitative estimate of drug-likeness (QED) is 0.866. The summed E-state index contributed by atoms with van der Waals surface area (Å²) in [5.74, 6) is -0.209. The molecule has 1 unspecified atom stereocenters. The first-order valence-electron chi connectivity index (χ1n) is 6.80. The summed E-state index contributed by atoms with van der Waals surface area (Å²) >= 11 is 5.86. The van der Waals surface area contributed by atoms with Crippen molar-refractivity contribution in [2.75, 3.05) is 31.4 Å². The SMILES string of the molecule is CNCC1CCCN(S(=O)(=O)Nc2ccc(F)cc2Cl)C1. The van der Waals surface area contributed by atoms with E-state index in [2.05, 4.69) is 10.0 Å². The van der Waals surface area contributed by atoms with Crippen molar-refractivity contribution in [1.29, 1.82) is 0 Å². The molecule has 21 heavy (non-hydrogen) atoms. The van der Waals surface area contributed by atoms with Gasteiger partial charge in [-0.15, -0.1) is 0 Å². The molecular weight excluding hydrogens is 317 g/mol. The van der Waals surface area contributed by atoms with Crippen molar-refractivity contribution in [1.82, 2.24) is 9.62 Å². The second-order valence-corrected chi connectivity index (χ2v) is 7.23. The summed E-state index contributed by atoms with van der Waals surface area (Å²) in [6.07, 6.45) is 1.83. The molecule has 1 heterocycles. The highest BCUT2D eigenvalue weighted by molar-refractivity contribution is 7.90. The first-order valence-corrected chi connectivity index (χ1v) is 8.61. The lowest BCUT2D eigenvalue weighted by Gasteiger charge is -2.32. The van der Waals surface area contributed by atoms with Gasteiger partial charge in [-0.25, -0.2) is 4.39 Å². The standard InChI is InChI=1S/C13H19ClFN3O2S/c1-16-8-10-3-2-6-18(9-10)21(19,20)17-13-5-4-11(15)7-12(13)14/h4-5,7,10,16-17H,2-3,6,8-9H2,1H3. The summed E-state index contributed by atoms with van der Waals surface area (Å²) in [5.41, 5.74) is 0.189. The van der Waals surface area contributed by atoms with Gasteiger partial charge in [0.25, 0.3) is 0 Å². The largest absolute Gasteiger partial charge is 0.319 e. The molecule has 1 saturated heterocycles. The zero-order valence-electron chi connectivity index (χ0n) is 11.8. The fraction of sp³-hybridized carbons (Fsp3) is 0.538.